The number of nitrogen functional groups attached to an aromatic ring is 1. The number of carbonyl (C=O) groups excluding carboxylic acids is 5. The van der Waals surface area contributed by atoms with Crippen LogP contribution >= 0.6 is 24.0 Å². The maximum absolute atomic E-state index is 13.8. The van der Waals surface area contributed by atoms with E-state index in [1.807, 2.05) is 45.1 Å². The largest absolute Gasteiger partial charge is 0.476 e. The molecule has 13 rings (SSSR count). The number of nitro groups is 3. The van der Waals surface area contributed by atoms with Gasteiger partial charge < -0.3 is 50.5 Å². The van der Waals surface area contributed by atoms with Crippen LogP contribution < -0.4 is 11.1 Å². The average molecular weight is 1610 g/mol. The van der Waals surface area contributed by atoms with E-state index < -0.39 is 80.4 Å². The van der Waals surface area contributed by atoms with Crippen molar-refractivity contribution in [1.82, 2.24) is 54.4 Å². The smallest absolute Gasteiger partial charge is 0.359 e. The Labute approximate surface area is 658 Å². The van der Waals surface area contributed by atoms with Gasteiger partial charge in [0.05, 0.1) is 75.3 Å². The zero-order chi connectivity index (χ0) is 81.1. The minimum absolute atomic E-state index is 0. The van der Waals surface area contributed by atoms with E-state index in [-0.39, 0.29) is 125 Å². The summed E-state index contributed by atoms with van der Waals surface area (Å²) in [5.41, 5.74) is 12.3. The van der Waals surface area contributed by atoms with Crippen molar-refractivity contribution in [3.05, 3.63) is 272 Å². The van der Waals surface area contributed by atoms with Gasteiger partial charge in [0.1, 0.15) is 11.4 Å². The highest BCUT2D eigenvalue weighted by Crippen LogP contribution is 2.36. The number of carbonyl (C=O) groups is 6. The first-order valence-corrected chi connectivity index (χ1v) is 34.4. The highest BCUT2D eigenvalue weighted by Gasteiger charge is 2.38. The number of nitrogens with two attached hydrogens (primary N) is 1. The van der Waals surface area contributed by atoms with Crippen molar-refractivity contribution >= 4 is 81.7 Å². The Morgan fingerprint density at radius 2 is 1.05 bits per heavy atom. The molecule has 0 radical (unpaired) electrons. The fourth-order valence-electron chi connectivity index (χ4n) is 12.7. The number of nitrogens with one attached hydrogen (secondary N) is 3. The van der Waals surface area contributed by atoms with E-state index in [2.05, 4.69) is 30.6 Å². The molecule has 37 heteroatoms. The lowest BCUT2D eigenvalue weighted by molar-refractivity contribution is -0.387. The number of carboxylic acid groups (broad SMARTS) is 1. The SMILES string of the molecule is C.C.CC1CN(C(=O)c2ccc[nH]2)Cc2c(C(=O)O)nn(Cc3ccc(F)c([N+](=O)[O-])c3)c21.CCOC(=O)c1nn(Cc2ccc(F)c([N+](=O)[O-])c2)c2c1CN(C(=O)c1ccc[nH]1)CC2C.CCOC(=O)c1nn(Cc2ccc(F)c([N+](=O)[O-])c2)c2c1CNCC2C.C[C@H](O)c1cccc(N)c1.Cl.O=C(Cl)C1=CC=CC1.[2H]CF. The van der Waals surface area contributed by atoms with Crippen LogP contribution in [0, 0.1) is 47.8 Å². The van der Waals surface area contributed by atoms with Gasteiger partial charge in [-0.1, -0.05) is 84.2 Å². The number of aromatic carboxylic acids is 1. The summed E-state index contributed by atoms with van der Waals surface area (Å²) in [7, 11) is -1.00. The van der Waals surface area contributed by atoms with Crippen molar-refractivity contribution in [3.8, 4) is 0 Å². The number of halogens is 6. The van der Waals surface area contributed by atoms with Crippen LogP contribution in [0.4, 0.5) is 40.3 Å². The zero-order valence-electron chi connectivity index (χ0n) is 61.6. The first-order chi connectivity index (χ1) is 52.9. The van der Waals surface area contributed by atoms with E-state index >= 15 is 0 Å². The van der Waals surface area contributed by atoms with E-state index in [1.165, 1.54) is 28.9 Å². The second-order valence-corrected chi connectivity index (χ2v) is 25.6. The minimum atomic E-state index is -1.23. The van der Waals surface area contributed by atoms with Crippen LogP contribution in [0.1, 0.15) is 197 Å². The number of esters is 2. The Hall–Kier alpha value is -12.2. The normalized spacial score (nSPS) is 14.9. The number of carboxylic acids is 1. The summed E-state index contributed by atoms with van der Waals surface area (Å²) in [5, 5.41) is 67.8. The Bertz CT molecular complexity index is 4980. The van der Waals surface area contributed by atoms with Crippen LogP contribution in [0.25, 0.3) is 0 Å². The fraction of sp³-hybridized carbons (Fsp3) is 0.329. The maximum Gasteiger partial charge on any atom is 0.359 e. The van der Waals surface area contributed by atoms with Gasteiger partial charge in [0.25, 0.3) is 11.8 Å². The zero-order valence-corrected chi connectivity index (χ0v) is 62.2. The van der Waals surface area contributed by atoms with Crippen molar-refractivity contribution in [3.63, 3.8) is 0 Å². The van der Waals surface area contributed by atoms with Gasteiger partial charge in [-0.15, -0.1) is 12.4 Å². The quantitative estimate of drug-likeness (QED) is 0.0116. The van der Waals surface area contributed by atoms with E-state index in [4.69, 9.17) is 33.3 Å². The summed E-state index contributed by atoms with van der Waals surface area (Å²) in [5.74, 6) is -5.87. The summed E-state index contributed by atoms with van der Waals surface area (Å²) in [6, 6.07) is 24.9. The molecule has 7 N–H and O–H groups in total. The molecule has 31 nitrogen and oxygen atoms in total. The number of fused-ring (bicyclic) bond motifs is 3. The van der Waals surface area contributed by atoms with Crippen LogP contribution in [0.2, 0.25) is 0 Å². The number of rotatable bonds is 18. The molecule has 113 heavy (non-hydrogen) atoms. The molecule has 0 spiro atoms. The number of ether oxygens (including phenoxy) is 2. The molecule has 5 aromatic heterocycles. The number of nitrogens with zero attached hydrogens (tertiary/aromatic N) is 11. The van der Waals surface area contributed by atoms with Crippen molar-refractivity contribution in [2.45, 2.75) is 126 Å². The van der Waals surface area contributed by atoms with Crippen LogP contribution in [-0.4, -0.2) is 149 Å². The number of aliphatic hydroxyl groups excluding tert-OH is 1. The lowest BCUT2D eigenvalue weighted by Crippen LogP contribution is -2.38. The monoisotopic (exact) mass is 1610 g/mol. The number of hydrogen-bond acceptors (Lipinski definition) is 20. The molecule has 4 atom stereocenters. The van der Waals surface area contributed by atoms with E-state index in [9.17, 15) is 81.8 Å². The number of anilines is 1. The number of hydrogen-bond donors (Lipinski definition) is 6. The molecule has 0 saturated heterocycles. The molecule has 9 aromatic rings. The maximum atomic E-state index is 13.8. The molecule has 4 aromatic carbocycles. The van der Waals surface area contributed by atoms with Crippen molar-refractivity contribution in [2.75, 3.05) is 45.7 Å². The first-order valence-electron chi connectivity index (χ1n) is 34.8. The second kappa shape index (κ2) is 41.7. The predicted molar refractivity (Wildman–Crippen MR) is 412 cm³/mol. The molecule has 2 amide bonds. The van der Waals surface area contributed by atoms with Gasteiger partial charge in [0, 0.05) is 120 Å². The summed E-state index contributed by atoms with van der Waals surface area (Å²) in [6.45, 7) is 13.8. The molecule has 8 heterocycles. The Kier molecular flexibility index (Phi) is 33.1. The summed E-state index contributed by atoms with van der Waals surface area (Å²) in [6.07, 6.45) is 9.02. The third-order valence-electron chi connectivity index (χ3n) is 17.5. The molecule has 0 saturated carbocycles. The minimum Gasteiger partial charge on any atom is -0.476 e. The second-order valence-electron chi connectivity index (χ2n) is 25.3. The van der Waals surface area contributed by atoms with Gasteiger partial charge in [-0.2, -0.15) is 28.5 Å². The van der Waals surface area contributed by atoms with Gasteiger partial charge in [0.15, 0.2) is 17.1 Å². The molecule has 1 aliphatic carbocycles. The number of aromatic nitrogens is 8. The Morgan fingerprint density at radius 1 is 0.646 bits per heavy atom. The molecule has 4 aliphatic rings. The van der Waals surface area contributed by atoms with Crippen molar-refractivity contribution in [1.29, 1.82) is 0 Å². The number of alkyl halides is 1. The lowest BCUT2D eigenvalue weighted by atomic mass is 9.95. The molecule has 3 unspecified atom stereocenters. The number of aliphatic hydroxyl groups is 1. The first kappa shape index (κ1) is 89.7. The molecule has 0 bridgehead atoms. The van der Waals surface area contributed by atoms with E-state index in [0.717, 1.165) is 59.4 Å². The summed E-state index contributed by atoms with van der Waals surface area (Å²) >= 11 is 5.14. The van der Waals surface area contributed by atoms with Gasteiger partial charge in [-0.05, 0) is 116 Å². The van der Waals surface area contributed by atoms with Crippen molar-refractivity contribution in [2.24, 2.45) is 0 Å². The van der Waals surface area contributed by atoms with Crippen LogP contribution in [0.15, 0.2) is 139 Å². The molecular weight excluding hydrogens is 1530 g/mol. The van der Waals surface area contributed by atoms with Gasteiger partial charge in [-0.25, -0.2) is 14.4 Å². The predicted octanol–water partition coefficient (Wildman–Crippen LogP) is 13.6. The number of benzene rings is 4. The third-order valence-corrected chi connectivity index (χ3v) is 17.8. The molecular formula is C76H87Cl2F4N15O16. The number of allylic oxidation sites excluding steroid dienone is 4. The summed E-state index contributed by atoms with van der Waals surface area (Å²) in [4.78, 5) is 112. The number of nitro benzene ring substituents is 3. The van der Waals surface area contributed by atoms with Gasteiger partial charge in [0.2, 0.25) is 22.7 Å². The van der Waals surface area contributed by atoms with Gasteiger partial charge in [-0.3, -0.25) is 63.2 Å². The third kappa shape index (κ3) is 22.5. The highest BCUT2D eigenvalue weighted by molar-refractivity contribution is 6.67. The molecule has 0 fully saturated rings. The van der Waals surface area contributed by atoms with E-state index in [0.29, 0.717) is 82.2 Å². The highest BCUT2D eigenvalue weighted by atomic mass is 35.5. The van der Waals surface area contributed by atoms with Crippen LogP contribution in [0.3, 0.4) is 0 Å². The molecule has 604 valence electrons. The Balaban J connectivity index is 0.000000268. The van der Waals surface area contributed by atoms with Crippen molar-refractivity contribution < 1.29 is 82.2 Å². The molecule has 3 aliphatic heterocycles. The number of aromatic amines is 2. The number of amides is 2. The van der Waals surface area contributed by atoms with Gasteiger partial charge >= 0.3 is 35.0 Å². The fourth-order valence-corrected chi connectivity index (χ4v) is 12.8. The topological polar surface area (TPSA) is 420 Å². The van der Waals surface area contributed by atoms with E-state index in [1.54, 1.807) is 94.8 Å². The van der Waals surface area contributed by atoms with Crippen LogP contribution in [-0.2, 0) is 53.5 Å². The van der Waals surface area contributed by atoms with Crippen LogP contribution in [0.5, 0.6) is 0 Å². The standard InChI is InChI=1S/C22H22FN5O5.C20H18FN5O5.C17H19FN4O4.C8H11NO.C6H5ClO.CH3F.2CH4.ClH/c1-3-33-22(30)19-15-12-26(21(29)17-5-4-8-24-17)10-13(2)20(15)27(25-19)11-14-6-7-16(23)18(9-14)28(31)32;1-11-8-24(19(27)15-3-2-6-22-15)10-13-17(20(28)29)23-25(18(11)13)9-12-4-5-14(21)16(7-12)26(30)31;1-3-26-17(23)15-12-8-19-7-10(2)16(12)21(20-15)9-11-4-5-13(18)14(6-11)22(24)25;1-6(10)7-3-2-4-8(9)5-7;7-6(8)5-3-1-2-4-5;1-2;;;/h4-9,13,24H,3,10-12H2,1-2H3;2-7,11,22H,8-10H2,1H3,(H,28,29);4-6,10,19H,3,7-9H2,1-2H3;2-6,10H,9H2,1H3;1-3H,4H2;1H3;2*1H4;1H/t;;;6-;;;;;/m...0...../s1/i;;;;;1D;;;. The lowest BCUT2D eigenvalue weighted by Gasteiger charge is -2.31. The summed E-state index contributed by atoms with van der Waals surface area (Å²) < 4.78 is 71.4. The Morgan fingerprint density at radius 3 is 1.39 bits per heavy atom. The average Bonchev–Trinajstić information content (AvgIpc) is 1.62. The number of H-pyrrole nitrogens is 2.